The molecule has 0 bridgehead atoms. The number of carbonyl (C=O) groups is 2. The smallest absolute Gasteiger partial charge is 0.306 e. The summed E-state index contributed by atoms with van der Waals surface area (Å²) in [4.78, 5) is 24.5. The molecular weight excluding hydrogens is 801 g/mol. The summed E-state index contributed by atoms with van der Waals surface area (Å²) in [5.41, 5.74) is 0. The SMILES string of the molecule is CCCCCCCCCCCCCCCCCCCCCCCCCCCCCCCCCC(=O)OC(CO)COC(=O)CCCCCCCCCCCCCCCCCCCCCC. The van der Waals surface area contributed by atoms with Crippen molar-refractivity contribution >= 4 is 11.9 Å². The van der Waals surface area contributed by atoms with Gasteiger partial charge in [-0.1, -0.05) is 328 Å². The minimum atomic E-state index is -0.764. The lowest BCUT2D eigenvalue weighted by atomic mass is 10.0. The Morgan fingerprint density at radius 1 is 0.292 bits per heavy atom. The van der Waals surface area contributed by atoms with Crippen molar-refractivity contribution in [3.05, 3.63) is 0 Å². The number of unbranched alkanes of at least 4 members (excludes halogenated alkanes) is 49. The summed E-state index contributed by atoms with van der Waals surface area (Å²) in [6, 6.07) is 0. The molecule has 0 fully saturated rings. The van der Waals surface area contributed by atoms with Gasteiger partial charge in [-0.15, -0.1) is 0 Å². The first kappa shape index (κ1) is 63.9. The fraction of sp³-hybridized carbons (Fsp3) is 0.967. The summed E-state index contributed by atoms with van der Waals surface area (Å²) in [6.07, 6.45) is 69.6. The molecule has 388 valence electrons. The van der Waals surface area contributed by atoms with Crippen LogP contribution in [0, 0.1) is 0 Å². The van der Waals surface area contributed by atoms with Gasteiger partial charge in [0.05, 0.1) is 6.61 Å². The molecule has 0 amide bonds. The number of hydrogen-bond donors (Lipinski definition) is 1. The maximum Gasteiger partial charge on any atom is 0.306 e. The first-order valence-electron chi connectivity index (χ1n) is 30.1. The van der Waals surface area contributed by atoms with E-state index in [0.29, 0.717) is 12.8 Å². The van der Waals surface area contributed by atoms with Gasteiger partial charge in [-0.2, -0.15) is 0 Å². The van der Waals surface area contributed by atoms with Crippen LogP contribution in [-0.4, -0.2) is 36.4 Å². The van der Waals surface area contributed by atoms with Gasteiger partial charge in [-0.25, -0.2) is 0 Å². The van der Waals surface area contributed by atoms with Crippen molar-refractivity contribution in [3.63, 3.8) is 0 Å². The normalized spacial score (nSPS) is 12.0. The minimum absolute atomic E-state index is 0.0557. The van der Waals surface area contributed by atoms with E-state index in [1.807, 2.05) is 0 Å². The molecule has 1 atom stereocenters. The second-order valence-electron chi connectivity index (χ2n) is 20.8. The quantitative estimate of drug-likeness (QED) is 0.0486. The summed E-state index contributed by atoms with van der Waals surface area (Å²) < 4.78 is 10.7. The van der Waals surface area contributed by atoms with Crippen molar-refractivity contribution in [3.8, 4) is 0 Å². The lowest BCUT2D eigenvalue weighted by molar-refractivity contribution is -0.161. The molecule has 0 aromatic rings. The lowest BCUT2D eigenvalue weighted by Crippen LogP contribution is -2.28. The highest BCUT2D eigenvalue weighted by Crippen LogP contribution is 2.19. The van der Waals surface area contributed by atoms with Crippen LogP contribution in [0.2, 0.25) is 0 Å². The molecule has 65 heavy (non-hydrogen) atoms. The first-order chi connectivity index (χ1) is 32.1. The van der Waals surface area contributed by atoms with E-state index in [-0.39, 0.29) is 25.2 Å². The van der Waals surface area contributed by atoms with Crippen LogP contribution in [0.1, 0.15) is 354 Å². The highest BCUT2D eigenvalue weighted by Gasteiger charge is 2.16. The molecule has 0 heterocycles. The molecule has 5 heteroatoms. The average Bonchev–Trinajstić information content (AvgIpc) is 3.31. The summed E-state index contributed by atoms with van der Waals surface area (Å²) in [5.74, 6) is -0.562. The van der Waals surface area contributed by atoms with Crippen molar-refractivity contribution in [2.24, 2.45) is 0 Å². The zero-order valence-corrected chi connectivity index (χ0v) is 44.5. The van der Waals surface area contributed by atoms with Gasteiger partial charge in [0.2, 0.25) is 0 Å². The van der Waals surface area contributed by atoms with Gasteiger partial charge in [0, 0.05) is 12.8 Å². The minimum Gasteiger partial charge on any atom is -0.462 e. The number of rotatable bonds is 57. The van der Waals surface area contributed by atoms with Gasteiger partial charge >= 0.3 is 11.9 Å². The Hall–Kier alpha value is -1.10. The molecule has 0 rings (SSSR count). The summed E-state index contributed by atoms with van der Waals surface area (Å²) in [6.45, 7) is 4.21. The van der Waals surface area contributed by atoms with Crippen LogP contribution in [0.3, 0.4) is 0 Å². The molecule has 0 aliphatic heterocycles. The summed E-state index contributed by atoms with van der Waals surface area (Å²) in [5, 5.41) is 9.66. The Balaban J connectivity index is 3.37. The third-order valence-corrected chi connectivity index (χ3v) is 14.2. The second-order valence-corrected chi connectivity index (χ2v) is 20.8. The predicted molar refractivity (Wildman–Crippen MR) is 284 cm³/mol. The maximum atomic E-state index is 12.3. The Morgan fingerprint density at radius 3 is 0.677 bits per heavy atom. The zero-order chi connectivity index (χ0) is 47.0. The highest BCUT2D eigenvalue weighted by molar-refractivity contribution is 5.70. The van der Waals surface area contributed by atoms with E-state index in [9.17, 15) is 14.7 Å². The predicted octanol–water partition coefficient (Wildman–Crippen LogP) is 20.1. The van der Waals surface area contributed by atoms with Crippen LogP contribution in [0.25, 0.3) is 0 Å². The molecule has 0 aliphatic rings. The van der Waals surface area contributed by atoms with E-state index in [1.165, 1.54) is 295 Å². The first-order valence-corrected chi connectivity index (χ1v) is 30.1. The van der Waals surface area contributed by atoms with E-state index in [2.05, 4.69) is 13.8 Å². The third kappa shape index (κ3) is 55.4. The summed E-state index contributed by atoms with van der Waals surface area (Å²) in [7, 11) is 0. The Labute approximate surface area is 408 Å². The highest BCUT2D eigenvalue weighted by atomic mass is 16.6. The molecular formula is C60H118O5. The van der Waals surface area contributed by atoms with Crippen LogP contribution < -0.4 is 0 Å². The molecule has 1 N–H and O–H groups in total. The Kier molecular flexibility index (Phi) is 56.3. The fourth-order valence-electron chi connectivity index (χ4n) is 9.62. The van der Waals surface area contributed by atoms with E-state index >= 15 is 0 Å². The van der Waals surface area contributed by atoms with Crippen molar-refractivity contribution < 1.29 is 24.2 Å². The fourth-order valence-corrected chi connectivity index (χ4v) is 9.62. The third-order valence-electron chi connectivity index (χ3n) is 14.2. The molecule has 0 aromatic carbocycles. The van der Waals surface area contributed by atoms with Crippen molar-refractivity contribution in [2.45, 2.75) is 360 Å². The van der Waals surface area contributed by atoms with Crippen LogP contribution in [0.15, 0.2) is 0 Å². The van der Waals surface area contributed by atoms with Gasteiger partial charge in [0.1, 0.15) is 6.61 Å². The number of carbonyl (C=O) groups excluding carboxylic acids is 2. The summed E-state index contributed by atoms with van der Waals surface area (Å²) >= 11 is 0. The monoisotopic (exact) mass is 919 g/mol. The molecule has 1 unspecified atom stereocenters. The zero-order valence-electron chi connectivity index (χ0n) is 44.5. The standard InChI is InChI=1S/C60H118O5/c1-3-5-7-9-11-13-15-17-19-21-23-25-26-27-28-29-30-31-32-33-34-35-37-39-41-43-45-47-49-51-53-55-60(63)65-58(56-61)57-64-59(62)54-52-50-48-46-44-42-40-38-36-24-22-20-18-16-14-12-10-8-6-4-2/h58,61H,3-57H2,1-2H3. The topological polar surface area (TPSA) is 72.8 Å². The number of esters is 2. The van der Waals surface area contributed by atoms with E-state index < -0.39 is 6.10 Å². The lowest BCUT2D eigenvalue weighted by Gasteiger charge is -2.15. The Morgan fingerprint density at radius 2 is 0.477 bits per heavy atom. The van der Waals surface area contributed by atoms with Crippen LogP contribution >= 0.6 is 0 Å². The van der Waals surface area contributed by atoms with E-state index in [4.69, 9.17) is 9.47 Å². The van der Waals surface area contributed by atoms with Crippen LogP contribution in [-0.2, 0) is 19.1 Å². The van der Waals surface area contributed by atoms with E-state index in [1.54, 1.807) is 0 Å². The van der Waals surface area contributed by atoms with Crippen molar-refractivity contribution in [1.29, 1.82) is 0 Å². The van der Waals surface area contributed by atoms with Crippen LogP contribution in [0.5, 0.6) is 0 Å². The van der Waals surface area contributed by atoms with Gasteiger partial charge < -0.3 is 14.6 Å². The maximum absolute atomic E-state index is 12.3. The molecule has 0 aromatic heterocycles. The van der Waals surface area contributed by atoms with E-state index in [0.717, 1.165) is 32.1 Å². The van der Waals surface area contributed by atoms with Gasteiger partial charge in [0.25, 0.3) is 0 Å². The number of aliphatic hydroxyl groups is 1. The second kappa shape index (κ2) is 57.2. The van der Waals surface area contributed by atoms with Crippen molar-refractivity contribution in [2.75, 3.05) is 13.2 Å². The molecule has 0 saturated heterocycles. The Bertz CT molecular complexity index is 906. The molecule has 0 aliphatic carbocycles. The molecule has 0 saturated carbocycles. The molecule has 5 nitrogen and oxygen atoms in total. The largest absolute Gasteiger partial charge is 0.462 e. The average molecular weight is 920 g/mol. The van der Waals surface area contributed by atoms with Gasteiger partial charge in [0.15, 0.2) is 6.10 Å². The molecule has 0 radical (unpaired) electrons. The number of hydrogen-bond acceptors (Lipinski definition) is 5. The molecule has 0 spiro atoms. The van der Waals surface area contributed by atoms with Gasteiger partial charge in [-0.3, -0.25) is 9.59 Å². The van der Waals surface area contributed by atoms with Gasteiger partial charge in [-0.05, 0) is 12.8 Å². The van der Waals surface area contributed by atoms with Crippen molar-refractivity contribution in [1.82, 2.24) is 0 Å². The van der Waals surface area contributed by atoms with Crippen LogP contribution in [0.4, 0.5) is 0 Å². The number of aliphatic hydroxyl groups excluding tert-OH is 1. The number of ether oxygens (including phenoxy) is 2.